The number of nitrogens with one attached hydrogen (secondary N) is 1. The monoisotopic (exact) mass is 577 g/mol. The van der Waals surface area contributed by atoms with Gasteiger partial charge in [-0.15, -0.1) is 24.0 Å². The van der Waals surface area contributed by atoms with Crippen molar-refractivity contribution in [2.45, 2.75) is 45.1 Å². The molecule has 2 aromatic rings. The molecule has 2 aliphatic heterocycles. The molecule has 0 amide bonds. The van der Waals surface area contributed by atoms with Gasteiger partial charge in [-0.3, -0.25) is 4.99 Å². The van der Waals surface area contributed by atoms with Gasteiger partial charge in [0.2, 0.25) is 0 Å². The van der Waals surface area contributed by atoms with Crippen LogP contribution in [-0.4, -0.2) is 56.9 Å². The van der Waals surface area contributed by atoms with Gasteiger partial charge >= 0.3 is 0 Å². The normalized spacial score (nSPS) is 20.1. The van der Waals surface area contributed by atoms with Crippen LogP contribution >= 0.6 is 24.0 Å². The van der Waals surface area contributed by atoms with Crippen molar-refractivity contribution in [3.05, 3.63) is 71.3 Å². The highest BCUT2D eigenvalue weighted by Gasteiger charge is 2.36. The summed E-state index contributed by atoms with van der Waals surface area (Å²) in [4.78, 5) is 7.63. The Kier molecular flexibility index (Phi) is 10.7. The first-order chi connectivity index (χ1) is 16.2. The van der Waals surface area contributed by atoms with E-state index in [9.17, 15) is 0 Å². The van der Waals surface area contributed by atoms with Crippen molar-refractivity contribution in [1.29, 1.82) is 0 Å². The van der Waals surface area contributed by atoms with Gasteiger partial charge in [0.1, 0.15) is 0 Å². The minimum atomic E-state index is 0. The predicted molar refractivity (Wildman–Crippen MR) is 150 cm³/mol. The highest BCUT2D eigenvalue weighted by molar-refractivity contribution is 14.0. The average Bonchev–Trinajstić information content (AvgIpc) is 3.32. The van der Waals surface area contributed by atoms with E-state index in [1.165, 1.54) is 16.7 Å². The zero-order chi connectivity index (χ0) is 22.9. The van der Waals surface area contributed by atoms with Gasteiger partial charge in [-0.05, 0) is 49.8 Å². The summed E-state index contributed by atoms with van der Waals surface area (Å²) in [6.45, 7) is 11.2. The van der Waals surface area contributed by atoms with Crippen LogP contribution in [0, 0.1) is 12.8 Å². The molecule has 2 fully saturated rings. The first-order valence-electron chi connectivity index (χ1n) is 12.5. The number of ether oxygens (including phenoxy) is 2. The summed E-state index contributed by atoms with van der Waals surface area (Å²) in [5.41, 5.74) is 4.08. The quantitative estimate of drug-likeness (QED) is 0.268. The second-order valence-corrected chi connectivity index (χ2v) is 9.48. The molecule has 0 bridgehead atoms. The Morgan fingerprint density at radius 3 is 2.59 bits per heavy atom. The fraction of sp³-hybridized carbons (Fsp3) is 0.536. The van der Waals surface area contributed by atoms with Crippen molar-refractivity contribution < 1.29 is 9.47 Å². The third-order valence-electron chi connectivity index (χ3n) is 7.08. The molecule has 6 heteroatoms. The van der Waals surface area contributed by atoms with E-state index in [1.807, 2.05) is 6.07 Å². The van der Waals surface area contributed by atoms with E-state index in [2.05, 4.69) is 72.6 Å². The van der Waals surface area contributed by atoms with Gasteiger partial charge in [0.25, 0.3) is 0 Å². The van der Waals surface area contributed by atoms with E-state index in [1.54, 1.807) is 0 Å². The molecule has 0 saturated carbocycles. The van der Waals surface area contributed by atoms with E-state index in [-0.39, 0.29) is 29.4 Å². The van der Waals surface area contributed by atoms with Gasteiger partial charge in [0.15, 0.2) is 5.96 Å². The molecule has 1 N–H and O–H groups in total. The zero-order valence-electron chi connectivity index (χ0n) is 20.7. The maximum atomic E-state index is 6.03. The van der Waals surface area contributed by atoms with Gasteiger partial charge < -0.3 is 19.7 Å². The summed E-state index contributed by atoms with van der Waals surface area (Å²) >= 11 is 0. The SMILES string of the molecule is CCNC(=NCC1(c2ccccc2C)CCOCC1)N1CCC(COCc2ccccc2)C1.I. The molecule has 0 spiro atoms. The van der Waals surface area contributed by atoms with Crippen LogP contribution in [0.5, 0.6) is 0 Å². The van der Waals surface area contributed by atoms with E-state index in [4.69, 9.17) is 14.5 Å². The van der Waals surface area contributed by atoms with E-state index in [0.717, 1.165) is 71.2 Å². The number of hydrogen-bond donors (Lipinski definition) is 1. The number of aryl methyl sites for hydroxylation is 1. The molecule has 1 unspecified atom stereocenters. The number of halogens is 1. The molecule has 2 aliphatic rings. The van der Waals surface area contributed by atoms with Crippen LogP contribution in [-0.2, 0) is 21.5 Å². The average molecular weight is 578 g/mol. The summed E-state index contributed by atoms with van der Waals surface area (Å²) < 4.78 is 11.8. The van der Waals surface area contributed by atoms with Crippen LogP contribution in [0.4, 0.5) is 0 Å². The van der Waals surface area contributed by atoms with Crippen LogP contribution in [0.25, 0.3) is 0 Å². The van der Waals surface area contributed by atoms with Crippen molar-refractivity contribution >= 4 is 29.9 Å². The first-order valence-corrected chi connectivity index (χ1v) is 12.5. The topological polar surface area (TPSA) is 46.1 Å². The van der Waals surface area contributed by atoms with Gasteiger partial charge in [0.05, 0.1) is 19.8 Å². The summed E-state index contributed by atoms with van der Waals surface area (Å²) in [7, 11) is 0. The van der Waals surface area contributed by atoms with Crippen LogP contribution in [0.2, 0.25) is 0 Å². The van der Waals surface area contributed by atoms with Crippen molar-refractivity contribution in [3.8, 4) is 0 Å². The van der Waals surface area contributed by atoms with Gasteiger partial charge in [0, 0.05) is 44.2 Å². The number of rotatable bonds is 8. The van der Waals surface area contributed by atoms with Gasteiger partial charge in [-0.2, -0.15) is 0 Å². The summed E-state index contributed by atoms with van der Waals surface area (Å²) in [6.07, 6.45) is 3.20. The second-order valence-electron chi connectivity index (χ2n) is 9.48. The molecule has 5 nitrogen and oxygen atoms in total. The lowest BCUT2D eigenvalue weighted by Gasteiger charge is -2.38. The standard InChI is InChI=1S/C28H39N3O2.HI/c1-3-29-27(31-16-13-25(19-31)21-33-20-24-10-5-4-6-11-24)30-22-28(14-17-32-18-15-28)26-12-8-7-9-23(26)2;/h4-12,25H,3,13-22H2,1-2H3,(H,29,30);1H. The number of guanidine groups is 1. The molecule has 0 aliphatic carbocycles. The number of hydrogen-bond acceptors (Lipinski definition) is 3. The Hall–Kier alpha value is -1.64. The van der Waals surface area contributed by atoms with E-state index in [0.29, 0.717) is 12.5 Å². The lowest BCUT2D eigenvalue weighted by Crippen LogP contribution is -2.43. The number of benzene rings is 2. The third kappa shape index (κ3) is 6.95. The molecule has 186 valence electrons. The number of likely N-dealkylation sites (tertiary alicyclic amines) is 1. The van der Waals surface area contributed by atoms with Crippen molar-refractivity contribution in [1.82, 2.24) is 10.2 Å². The maximum Gasteiger partial charge on any atom is 0.193 e. The van der Waals surface area contributed by atoms with Crippen molar-refractivity contribution in [2.75, 3.05) is 46.0 Å². The molecular weight excluding hydrogens is 537 g/mol. The second kappa shape index (κ2) is 13.4. The summed E-state index contributed by atoms with van der Waals surface area (Å²) in [6, 6.07) is 19.2. The summed E-state index contributed by atoms with van der Waals surface area (Å²) in [5.74, 6) is 1.59. The third-order valence-corrected chi connectivity index (χ3v) is 7.08. The van der Waals surface area contributed by atoms with Crippen LogP contribution in [0.1, 0.15) is 42.9 Å². The predicted octanol–water partition coefficient (Wildman–Crippen LogP) is 5.17. The minimum absolute atomic E-state index is 0. The number of nitrogens with zero attached hydrogens (tertiary/aromatic N) is 2. The molecule has 34 heavy (non-hydrogen) atoms. The van der Waals surface area contributed by atoms with E-state index < -0.39 is 0 Å². The first kappa shape index (κ1) is 27.0. The van der Waals surface area contributed by atoms with Gasteiger partial charge in [-0.1, -0.05) is 54.6 Å². The van der Waals surface area contributed by atoms with Crippen molar-refractivity contribution in [3.63, 3.8) is 0 Å². The van der Waals surface area contributed by atoms with Crippen LogP contribution in [0.3, 0.4) is 0 Å². The Morgan fingerprint density at radius 2 is 1.85 bits per heavy atom. The summed E-state index contributed by atoms with van der Waals surface area (Å²) in [5, 5.41) is 3.55. The fourth-order valence-electron chi connectivity index (χ4n) is 5.17. The largest absolute Gasteiger partial charge is 0.381 e. The van der Waals surface area contributed by atoms with Crippen LogP contribution < -0.4 is 5.32 Å². The van der Waals surface area contributed by atoms with Crippen molar-refractivity contribution in [2.24, 2.45) is 10.9 Å². The highest BCUT2D eigenvalue weighted by Crippen LogP contribution is 2.37. The highest BCUT2D eigenvalue weighted by atomic mass is 127. The molecule has 0 aromatic heterocycles. The molecule has 2 heterocycles. The molecule has 1 atom stereocenters. The fourth-order valence-corrected chi connectivity index (χ4v) is 5.17. The smallest absolute Gasteiger partial charge is 0.193 e. The zero-order valence-corrected chi connectivity index (χ0v) is 23.0. The number of aliphatic imine (C=N–C) groups is 1. The van der Waals surface area contributed by atoms with Crippen LogP contribution in [0.15, 0.2) is 59.6 Å². The van der Waals surface area contributed by atoms with Gasteiger partial charge in [-0.25, -0.2) is 0 Å². The Morgan fingerprint density at radius 1 is 1.12 bits per heavy atom. The maximum absolute atomic E-state index is 6.03. The molecule has 2 aromatic carbocycles. The molecule has 2 saturated heterocycles. The van der Waals surface area contributed by atoms with E-state index >= 15 is 0 Å². The lowest BCUT2D eigenvalue weighted by molar-refractivity contribution is 0.0528. The Labute approximate surface area is 222 Å². The lowest BCUT2D eigenvalue weighted by atomic mass is 9.72. The Balaban J connectivity index is 0.00000324. The minimum Gasteiger partial charge on any atom is -0.381 e. The molecular formula is C28H40IN3O2. The molecule has 0 radical (unpaired) electrons. The Bertz CT molecular complexity index is 900. The molecule has 4 rings (SSSR count).